The van der Waals surface area contributed by atoms with Gasteiger partial charge in [-0.05, 0) is 17.7 Å². The fourth-order valence-electron chi connectivity index (χ4n) is 2.17. The number of aliphatic hydroxyl groups excluding tert-OH is 1. The van der Waals surface area contributed by atoms with Gasteiger partial charge in [-0.15, -0.1) is 0 Å². The van der Waals surface area contributed by atoms with E-state index in [1.165, 1.54) is 12.1 Å². The Morgan fingerprint density at radius 3 is 3.11 bits per heavy atom. The third-order valence-electron chi connectivity index (χ3n) is 3.16. The van der Waals surface area contributed by atoms with E-state index in [0.717, 1.165) is 25.2 Å². The molecule has 1 fully saturated rings. The normalized spacial score (nSPS) is 20.6. The number of halogens is 1. The highest BCUT2D eigenvalue weighted by atomic mass is 19.1. The molecule has 2 rings (SSSR count). The van der Waals surface area contributed by atoms with Gasteiger partial charge in [-0.25, -0.2) is 4.39 Å². The number of hydrogen-bond acceptors (Lipinski definition) is 4. The first-order chi connectivity index (χ1) is 9.29. The molecule has 0 amide bonds. The molecule has 0 spiro atoms. The van der Waals surface area contributed by atoms with Crippen molar-refractivity contribution in [2.75, 3.05) is 46.1 Å². The Balaban J connectivity index is 1.83. The van der Waals surface area contributed by atoms with Crippen molar-refractivity contribution in [2.24, 2.45) is 0 Å². The van der Waals surface area contributed by atoms with Crippen LogP contribution in [0.4, 0.5) is 4.39 Å². The second-order valence-corrected chi connectivity index (χ2v) is 4.55. The van der Waals surface area contributed by atoms with Gasteiger partial charge in [0.05, 0.1) is 32.5 Å². The lowest BCUT2D eigenvalue weighted by atomic mass is 10.1. The molecule has 0 radical (unpaired) electrons. The van der Waals surface area contributed by atoms with Crippen LogP contribution in [0.5, 0.6) is 0 Å². The molecule has 1 saturated heterocycles. The summed E-state index contributed by atoms with van der Waals surface area (Å²) in [6.45, 7) is 4.06. The van der Waals surface area contributed by atoms with Crippen molar-refractivity contribution >= 4 is 0 Å². The standard InChI is InChI=1S/C14H20FNO3/c15-13-3-1-2-12(10-13)14-11-16(5-8-19-14)4-7-18-9-6-17/h1-3,10,14,17H,4-9,11H2. The SMILES string of the molecule is OCCOCCN1CCOC(c2cccc(F)c2)C1. The van der Waals surface area contributed by atoms with Crippen molar-refractivity contribution in [3.63, 3.8) is 0 Å². The lowest BCUT2D eigenvalue weighted by Gasteiger charge is -2.33. The lowest BCUT2D eigenvalue weighted by Crippen LogP contribution is -2.40. The lowest BCUT2D eigenvalue weighted by molar-refractivity contribution is -0.0390. The molecule has 1 aliphatic heterocycles. The second kappa shape index (κ2) is 7.55. The van der Waals surface area contributed by atoms with Gasteiger partial charge in [-0.2, -0.15) is 0 Å². The molecule has 1 aromatic rings. The Morgan fingerprint density at radius 2 is 2.32 bits per heavy atom. The molecule has 1 N–H and O–H groups in total. The van der Waals surface area contributed by atoms with Gasteiger partial charge in [0.1, 0.15) is 5.82 Å². The van der Waals surface area contributed by atoms with Gasteiger partial charge in [0.25, 0.3) is 0 Å². The van der Waals surface area contributed by atoms with Crippen LogP contribution in [0.2, 0.25) is 0 Å². The molecule has 5 heteroatoms. The number of hydrogen-bond donors (Lipinski definition) is 1. The molecule has 4 nitrogen and oxygen atoms in total. The van der Waals surface area contributed by atoms with Crippen LogP contribution < -0.4 is 0 Å². The second-order valence-electron chi connectivity index (χ2n) is 4.55. The molecule has 0 saturated carbocycles. The van der Waals surface area contributed by atoms with E-state index in [-0.39, 0.29) is 18.5 Å². The van der Waals surface area contributed by atoms with E-state index in [4.69, 9.17) is 14.6 Å². The summed E-state index contributed by atoms with van der Waals surface area (Å²) in [7, 11) is 0. The summed E-state index contributed by atoms with van der Waals surface area (Å²) in [5.74, 6) is -0.232. The Morgan fingerprint density at radius 1 is 1.42 bits per heavy atom. The highest BCUT2D eigenvalue weighted by Crippen LogP contribution is 2.22. The van der Waals surface area contributed by atoms with E-state index >= 15 is 0 Å². The average Bonchev–Trinajstić information content (AvgIpc) is 2.44. The fourth-order valence-corrected chi connectivity index (χ4v) is 2.17. The Hall–Kier alpha value is -1.01. The van der Waals surface area contributed by atoms with E-state index in [1.807, 2.05) is 6.07 Å². The number of nitrogens with zero attached hydrogens (tertiary/aromatic N) is 1. The van der Waals surface area contributed by atoms with E-state index < -0.39 is 0 Å². The van der Waals surface area contributed by atoms with Gasteiger partial charge in [-0.1, -0.05) is 12.1 Å². The predicted octanol–water partition coefficient (Wildman–Crippen LogP) is 1.21. The van der Waals surface area contributed by atoms with Crippen molar-refractivity contribution in [1.29, 1.82) is 0 Å². The monoisotopic (exact) mass is 269 g/mol. The maximum absolute atomic E-state index is 13.2. The van der Waals surface area contributed by atoms with E-state index in [9.17, 15) is 4.39 Å². The van der Waals surface area contributed by atoms with Crippen LogP contribution in [0, 0.1) is 5.82 Å². The molecule has 106 valence electrons. The maximum Gasteiger partial charge on any atom is 0.123 e. The van der Waals surface area contributed by atoms with Crippen molar-refractivity contribution in [3.05, 3.63) is 35.6 Å². The average molecular weight is 269 g/mol. The summed E-state index contributed by atoms with van der Waals surface area (Å²) < 4.78 is 24.1. The van der Waals surface area contributed by atoms with Gasteiger partial charge in [0.15, 0.2) is 0 Å². The van der Waals surface area contributed by atoms with Crippen molar-refractivity contribution in [2.45, 2.75) is 6.10 Å². The molecular formula is C14H20FNO3. The fraction of sp³-hybridized carbons (Fsp3) is 0.571. The first-order valence-electron chi connectivity index (χ1n) is 6.57. The molecule has 1 heterocycles. The van der Waals surface area contributed by atoms with Gasteiger partial charge >= 0.3 is 0 Å². The first-order valence-corrected chi connectivity index (χ1v) is 6.57. The van der Waals surface area contributed by atoms with E-state index in [0.29, 0.717) is 19.8 Å². The molecule has 0 bridgehead atoms. The smallest absolute Gasteiger partial charge is 0.123 e. The van der Waals surface area contributed by atoms with Gasteiger partial charge < -0.3 is 14.6 Å². The molecule has 19 heavy (non-hydrogen) atoms. The maximum atomic E-state index is 13.2. The molecule has 0 aliphatic carbocycles. The van der Waals surface area contributed by atoms with Crippen LogP contribution >= 0.6 is 0 Å². The van der Waals surface area contributed by atoms with Crippen molar-refractivity contribution in [3.8, 4) is 0 Å². The van der Waals surface area contributed by atoms with Crippen LogP contribution in [-0.2, 0) is 9.47 Å². The third-order valence-corrected chi connectivity index (χ3v) is 3.16. The van der Waals surface area contributed by atoms with Crippen LogP contribution in [0.15, 0.2) is 24.3 Å². The zero-order valence-corrected chi connectivity index (χ0v) is 10.9. The van der Waals surface area contributed by atoms with Crippen LogP contribution in [0.25, 0.3) is 0 Å². The molecule has 0 aromatic heterocycles. The Labute approximate surface area is 112 Å². The van der Waals surface area contributed by atoms with Gasteiger partial charge in [0.2, 0.25) is 0 Å². The minimum Gasteiger partial charge on any atom is -0.394 e. The summed E-state index contributed by atoms with van der Waals surface area (Å²) in [4.78, 5) is 2.23. The van der Waals surface area contributed by atoms with Gasteiger partial charge in [-0.3, -0.25) is 4.90 Å². The molecular weight excluding hydrogens is 249 g/mol. The topological polar surface area (TPSA) is 41.9 Å². The van der Waals surface area contributed by atoms with Crippen LogP contribution in [0.3, 0.4) is 0 Å². The number of aliphatic hydroxyl groups is 1. The third kappa shape index (κ3) is 4.54. The number of benzene rings is 1. The summed E-state index contributed by atoms with van der Waals surface area (Å²) >= 11 is 0. The van der Waals surface area contributed by atoms with Crippen LogP contribution in [-0.4, -0.2) is 56.1 Å². The number of ether oxygens (including phenoxy) is 2. The largest absolute Gasteiger partial charge is 0.394 e. The zero-order chi connectivity index (χ0) is 13.5. The number of rotatable bonds is 6. The molecule has 1 unspecified atom stereocenters. The quantitative estimate of drug-likeness (QED) is 0.788. The Kier molecular flexibility index (Phi) is 5.72. The van der Waals surface area contributed by atoms with Crippen molar-refractivity contribution in [1.82, 2.24) is 4.90 Å². The minimum absolute atomic E-state index is 0.0506. The van der Waals surface area contributed by atoms with E-state index in [2.05, 4.69) is 4.90 Å². The zero-order valence-electron chi connectivity index (χ0n) is 10.9. The van der Waals surface area contributed by atoms with Crippen molar-refractivity contribution < 1.29 is 19.0 Å². The number of morpholine rings is 1. The minimum atomic E-state index is -0.232. The van der Waals surface area contributed by atoms with E-state index in [1.54, 1.807) is 6.07 Å². The highest BCUT2D eigenvalue weighted by molar-refractivity contribution is 5.19. The highest BCUT2D eigenvalue weighted by Gasteiger charge is 2.21. The predicted molar refractivity (Wildman–Crippen MR) is 69.4 cm³/mol. The van der Waals surface area contributed by atoms with Gasteiger partial charge in [0, 0.05) is 19.6 Å². The summed E-state index contributed by atoms with van der Waals surface area (Å²) in [5, 5.41) is 8.63. The molecule has 1 aromatic carbocycles. The summed E-state index contributed by atoms with van der Waals surface area (Å²) in [6, 6.07) is 6.56. The Bertz CT molecular complexity index is 389. The molecule has 1 atom stereocenters. The van der Waals surface area contributed by atoms with Crippen LogP contribution in [0.1, 0.15) is 11.7 Å². The first kappa shape index (κ1) is 14.4. The summed E-state index contributed by atoms with van der Waals surface area (Å²) in [5.41, 5.74) is 0.876. The molecule has 1 aliphatic rings. The summed E-state index contributed by atoms with van der Waals surface area (Å²) in [6.07, 6.45) is -0.0812.